The second kappa shape index (κ2) is 12.0. The van der Waals surface area contributed by atoms with E-state index in [-0.39, 0.29) is 11.4 Å². The second-order valence-corrected chi connectivity index (χ2v) is 10.2. The molecule has 0 atom stereocenters. The average Bonchev–Trinajstić information content (AvgIpc) is 3.46. The predicted molar refractivity (Wildman–Crippen MR) is 169 cm³/mol. The molecule has 2 aromatic heterocycles. The normalized spacial score (nSPS) is 11.4. The molecule has 0 fully saturated rings. The number of hydrogen-bond donors (Lipinski definition) is 0. The summed E-state index contributed by atoms with van der Waals surface area (Å²) in [6, 6.07) is 26.0. The first-order valence-electron chi connectivity index (χ1n) is 13.7. The highest BCUT2D eigenvalue weighted by molar-refractivity contribution is 6.32. The van der Waals surface area contributed by atoms with Crippen LogP contribution in [0.1, 0.15) is 23.6 Å². The van der Waals surface area contributed by atoms with Crippen LogP contribution in [0.5, 0.6) is 17.2 Å². The predicted octanol–water partition coefficient (Wildman–Crippen LogP) is 7.64. The van der Waals surface area contributed by atoms with Gasteiger partial charge in [0.25, 0.3) is 5.56 Å². The van der Waals surface area contributed by atoms with Gasteiger partial charge in [0.15, 0.2) is 17.3 Å². The number of furan rings is 1. The molecule has 0 saturated heterocycles. The maximum Gasteiger partial charge on any atom is 0.282 e. The first kappa shape index (κ1) is 28.1. The lowest BCUT2D eigenvalue weighted by atomic mass is 10.1. The number of methoxy groups -OCH3 is 1. The quantitative estimate of drug-likeness (QED) is 0.160. The molecule has 0 N–H and O–H groups in total. The molecule has 0 amide bonds. The number of ether oxygens (including phenoxy) is 3. The van der Waals surface area contributed by atoms with Crippen LogP contribution in [0.3, 0.4) is 0 Å². The highest BCUT2D eigenvalue weighted by Crippen LogP contribution is 2.37. The summed E-state index contributed by atoms with van der Waals surface area (Å²) in [4.78, 5) is 18.4. The summed E-state index contributed by atoms with van der Waals surface area (Å²) in [7, 11) is 1.59. The number of aryl methyl sites for hydroxylation is 1. The van der Waals surface area contributed by atoms with Gasteiger partial charge in [0.05, 0.1) is 41.2 Å². The van der Waals surface area contributed by atoms with E-state index in [2.05, 4.69) is 5.10 Å². The Morgan fingerprint density at radius 3 is 2.56 bits per heavy atom. The molecule has 216 valence electrons. The van der Waals surface area contributed by atoms with Crippen LogP contribution in [0.15, 0.2) is 99.2 Å². The van der Waals surface area contributed by atoms with E-state index in [0.29, 0.717) is 63.3 Å². The van der Waals surface area contributed by atoms with Crippen molar-refractivity contribution in [2.45, 2.75) is 20.5 Å². The van der Waals surface area contributed by atoms with E-state index in [9.17, 15) is 4.79 Å². The van der Waals surface area contributed by atoms with Gasteiger partial charge in [0.1, 0.15) is 17.9 Å². The van der Waals surface area contributed by atoms with E-state index in [1.165, 1.54) is 16.5 Å². The summed E-state index contributed by atoms with van der Waals surface area (Å²) in [6.07, 6.45) is 1.53. The van der Waals surface area contributed by atoms with Crippen molar-refractivity contribution < 1.29 is 18.6 Å². The fraction of sp³-hybridized carbons (Fsp3) is 0.147. The van der Waals surface area contributed by atoms with Gasteiger partial charge in [-0.2, -0.15) is 9.78 Å². The second-order valence-electron chi connectivity index (χ2n) is 9.83. The Morgan fingerprint density at radius 2 is 1.77 bits per heavy atom. The van der Waals surface area contributed by atoms with Gasteiger partial charge in [-0.05, 0) is 67.4 Å². The molecule has 0 radical (unpaired) electrons. The van der Waals surface area contributed by atoms with E-state index in [1.807, 2.05) is 62.4 Å². The van der Waals surface area contributed by atoms with Crippen LogP contribution in [0, 0.1) is 6.92 Å². The number of fused-ring (bicyclic) bond motifs is 2. The first-order valence-corrected chi connectivity index (χ1v) is 14.1. The van der Waals surface area contributed by atoms with Crippen molar-refractivity contribution in [3.8, 4) is 28.8 Å². The molecule has 0 aliphatic heterocycles. The molecule has 0 spiro atoms. The Balaban J connectivity index is 1.41. The summed E-state index contributed by atoms with van der Waals surface area (Å²) < 4.78 is 24.8. The molecule has 8 nitrogen and oxygen atoms in total. The van der Waals surface area contributed by atoms with Crippen LogP contribution in [-0.4, -0.2) is 29.6 Å². The number of rotatable bonds is 9. The van der Waals surface area contributed by atoms with Gasteiger partial charge in [-0.3, -0.25) is 4.79 Å². The maximum absolute atomic E-state index is 13.7. The molecule has 0 aliphatic rings. The Bertz CT molecular complexity index is 2030. The monoisotopic (exact) mass is 593 g/mol. The molecular weight excluding hydrogens is 566 g/mol. The number of halogens is 1. The topological polar surface area (TPSA) is 88.1 Å². The number of hydrogen-bond acceptors (Lipinski definition) is 7. The summed E-state index contributed by atoms with van der Waals surface area (Å²) >= 11 is 6.68. The van der Waals surface area contributed by atoms with Gasteiger partial charge < -0.3 is 18.6 Å². The molecule has 9 heteroatoms. The minimum atomic E-state index is -0.349. The van der Waals surface area contributed by atoms with Crippen molar-refractivity contribution in [2.24, 2.45) is 5.10 Å². The lowest BCUT2D eigenvalue weighted by molar-refractivity contribution is 0.269. The van der Waals surface area contributed by atoms with Gasteiger partial charge in [-0.1, -0.05) is 59.6 Å². The Morgan fingerprint density at radius 1 is 0.953 bits per heavy atom. The molecule has 6 aromatic rings. The van der Waals surface area contributed by atoms with Crippen molar-refractivity contribution in [3.63, 3.8) is 0 Å². The van der Waals surface area contributed by atoms with E-state index in [1.54, 1.807) is 43.5 Å². The number of benzene rings is 4. The Hall–Kier alpha value is -5.08. The lowest BCUT2D eigenvalue weighted by Gasteiger charge is -2.14. The zero-order valence-electron chi connectivity index (χ0n) is 23.8. The van der Waals surface area contributed by atoms with Gasteiger partial charge in [-0.25, -0.2) is 4.98 Å². The summed E-state index contributed by atoms with van der Waals surface area (Å²) in [5.74, 6) is 2.16. The smallest absolute Gasteiger partial charge is 0.282 e. The largest absolute Gasteiger partial charge is 0.496 e. The summed E-state index contributed by atoms with van der Waals surface area (Å²) in [6.45, 7) is 4.66. The van der Waals surface area contributed by atoms with Crippen molar-refractivity contribution in [1.82, 2.24) is 9.66 Å². The van der Waals surface area contributed by atoms with Crippen molar-refractivity contribution in [1.29, 1.82) is 0 Å². The molecular formula is C34H28ClN3O5. The number of nitrogens with zero attached hydrogens (tertiary/aromatic N) is 3. The van der Waals surface area contributed by atoms with Crippen LogP contribution in [0.2, 0.25) is 5.02 Å². The molecule has 0 aliphatic carbocycles. The molecule has 4 aromatic carbocycles. The van der Waals surface area contributed by atoms with Crippen LogP contribution in [0.25, 0.3) is 33.5 Å². The zero-order chi connectivity index (χ0) is 29.9. The minimum Gasteiger partial charge on any atom is -0.496 e. The first-order chi connectivity index (χ1) is 20.9. The Kier molecular flexibility index (Phi) is 7.85. The van der Waals surface area contributed by atoms with E-state index in [0.717, 1.165) is 10.9 Å². The van der Waals surface area contributed by atoms with Gasteiger partial charge >= 0.3 is 0 Å². The summed E-state index contributed by atoms with van der Waals surface area (Å²) in [5.41, 5.74) is 3.56. The summed E-state index contributed by atoms with van der Waals surface area (Å²) in [5, 5.41) is 6.09. The molecule has 0 saturated carbocycles. The number of para-hydroxylation sites is 1. The van der Waals surface area contributed by atoms with E-state index in [4.69, 9.17) is 35.2 Å². The molecule has 43 heavy (non-hydrogen) atoms. The van der Waals surface area contributed by atoms with Crippen molar-refractivity contribution >= 4 is 39.7 Å². The Labute approximate surface area is 252 Å². The molecule has 6 rings (SSSR count). The van der Waals surface area contributed by atoms with E-state index < -0.39 is 0 Å². The molecule has 0 bridgehead atoms. The third-order valence-electron chi connectivity index (χ3n) is 6.87. The van der Waals surface area contributed by atoms with Crippen molar-refractivity contribution in [3.05, 3.63) is 117 Å². The highest BCUT2D eigenvalue weighted by atomic mass is 35.5. The lowest BCUT2D eigenvalue weighted by Crippen LogP contribution is -2.20. The zero-order valence-corrected chi connectivity index (χ0v) is 24.6. The molecule has 0 unspecified atom stereocenters. The minimum absolute atomic E-state index is 0.243. The van der Waals surface area contributed by atoms with Crippen LogP contribution < -0.4 is 19.8 Å². The fourth-order valence-electron chi connectivity index (χ4n) is 4.74. The van der Waals surface area contributed by atoms with Crippen LogP contribution >= 0.6 is 11.6 Å². The van der Waals surface area contributed by atoms with Crippen LogP contribution in [0.4, 0.5) is 0 Å². The third kappa shape index (κ3) is 5.69. The fourth-order valence-corrected chi connectivity index (χ4v) is 5.02. The van der Waals surface area contributed by atoms with Gasteiger partial charge in [0, 0.05) is 0 Å². The van der Waals surface area contributed by atoms with E-state index >= 15 is 0 Å². The van der Waals surface area contributed by atoms with Crippen LogP contribution in [-0.2, 0) is 6.61 Å². The number of aromatic nitrogens is 2. The maximum atomic E-state index is 13.7. The molecule has 2 heterocycles. The average molecular weight is 594 g/mol. The standard InChI is InChI=1S/C34H28ClN3O5/c1-4-41-30-17-23(16-26(35)32(30)42-20-22-14-12-21(2)13-15-22)19-36-38-33(37-27-9-6-5-8-24(27)34(38)39)31-18-25-28(40-3)10-7-11-29(25)43-31/h5-19H,4,20H2,1-3H3. The van der Waals surface area contributed by atoms with Crippen molar-refractivity contribution in [2.75, 3.05) is 13.7 Å². The third-order valence-corrected chi connectivity index (χ3v) is 7.15. The van der Waals surface area contributed by atoms with Gasteiger partial charge in [0.2, 0.25) is 5.82 Å². The van der Waals surface area contributed by atoms with Gasteiger partial charge in [-0.15, -0.1) is 0 Å². The highest BCUT2D eigenvalue weighted by Gasteiger charge is 2.18. The SMILES string of the molecule is CCOc1cc(C=Nn2c(-c3cc4c(OC)cccc4o3)nc3ccccc3c2=O)cc(Cl)c1OCc1ccc(C)cc1.